The molecule has 1 aliphatic heterocycles. The Morgan fingerprint density at radius 3 is 2.79 bits per heavy atom. The highest BCUT2D eigenvalue weighted by molar-refractivity contribution is 9.10. The summed E-state index contributed by atoms with van der Waals surface area (Å²) < 4.78 is 11.5. The van der Waals surface area contributed by atoms with E-state index in [2.05, 4.69) is 31.4 Å². The first-order valence-corrected chi connectivity index (χ1v) is 9.64. The fraction of sp³-hybridized carbons (Fsp3) is 0.263. The molecule has 0 unspecified atom stereocenters. The highest BCUT2D eigenvalue weighted by Crippen LogP contribution is 2.25. The molecule has 1 aliphatic rings. The molecule has 0 radical (unpaired) electrons. The molecule has 3 rings (SSSR count). The van der Waals surface area contributed by atoms with Crippen LogP contribution in [-0.4, -0.2) is 50.0 Å². The molecule has 2 aromatic carbocycles. The Morgan fingerprint density at radius 1 is 1.31 bits per heavy atom. The Labute approximate surface area is 175 Å². The number of nitrogens with zero attached hydrogens (tertiary/aromatic N) is 3. The average molecular weight is 463 g/mol. The van der Waals surface area contributed by atoms with E-state index >= 15 is 0 Å². The maximum atomic E-state index is 12.0. The lowest BCUT2D eigenvalue weighted by molar-refractivity contribution is -0.384. The third-order valence-electron chi connectivity index (χ3n) is 4.16. The van der Waals surface area contributed by atoms with Crippen LogP contribution in [0.1, 0.15) is 5.56 Å². The number of ether oxygens (including phenoxy) is 2. The Bertz CT molecular complexity index is 915. The van der Waals surface area contributed by atoms with E-state index in [1.807, 2.05) is 6.07 Å². The van der Waals surface area contributed by atoms with Crippen molar-refractivity contribution in [2.24, 2.45) is 5.10 Å². The number of rotatable bonds is 7. The van der Waals surface area contributed by atoms with Crippen molar-refractivity contribution in [3.8, 4) is 5.75 Å². The minimum atomic E-state index is -0.468. The monoisotopic (exact) mass is 462 g/mol. The Hall–Kier alpha value is -2.98. The number of halogens is 1. The lowest BCUT2D eigenvalue weighted by atomic mass is 10.1. The third kappa shape index (κ3) is 5.75. The molecule has 1 heterocycles. The van der Waals surface area contributed by atoms with Crippen LogP contribution in [-0.2, 0) is 9.53 Å². The summed E-state index contributed by atoms with van der Waals surface area (Å²) in [5.41, 5.74) is 3.66. The average Bonchev–Trinajstić information content (AvgIpc) is 2.73. The summed E-state index contributed by atoms with van der Waals surface area (Å²) in [7, 11) is 0. The van der Waals surface area contributed by atoms with Crippen LogP contribution < -0.4 is 15.1 Å². The van der Waals surface area contributed by atoms with Gasteiger partial charge in [0.2, 0.25) is 0 Å². The van der Waals surface area contributed by atoms with Crippen LogP contribution in [0.25, 0.3) is 0 Å². The summed E-state index contributed by atoms with van der Waals surface area (Å²) in [6.45, 7) is 2.29. The van der Waals surface area contributed by atoms with Crippen LogP contribution in [0.15, 0.2) is 52.0 Å². The van der Waals surface area contributed by atoms with Crippen LogP contribution in [0.5, 0.6) is 5.75 Å². The number of hydrazone groups is 1. The first-order valence-electron chi connectivity index (χ1n) is 8.85. The quantitative estimate of drug-likeness (QED) is 0.385. The number of carbonyl (C=O) groups excluding carboxylic acids is 1. The number of anilines is 1. The topological polar surface area (TPSA) is 106 Å². The van der Waals surface area contributed by atoms with Gasteiger partial charge in [-0.2, -0.15) is 5.10 Å². The summed E-state index contributed by atoms with van der Waals surface area (Å²) in [5.74, 6) is 0.0928. The van der Waals surface area contributed by atoms with E-state index in [1.54, 1.807) is 24.3 Å². The molecular formula is C19H19BrN4O5. The predicted molar refractivity (Wildman–Crippen MR) is 112 cm³/mol. The molecule has 1 fully saturated rings. The van der Waals surface area contributed by atoms with Crippen LogP contribution in [0.2, 0.25) is 0 Å². The largest absolute Gasteiger partial charge is 0.483 e. The predicted octanol–water partition coefficient (Wildman–Crippen LogP) is 2.72. The van der Waals surface area contributed by atoms with Gasteiger partial charge in [0.15, 0.2) is 6.61 Å². The molecule has 2 aromatic rings. The summed E-state index contributed by atoms with van der Waals surface area (Å²) in [4.78, 5) is 24.7. The van der Waals surface area contributed by atoms with Crippen molar-refractivity contribution in [3.63, 3.8) is 0 Å². The fourth-order valence-corrected chi connectivity index (χ4v) is 3.16. The molecule has 0 aliphatic carbocycles. The summed E-state index contributed by atoms with van der Waals surface area (Å²) in [5, 5.41) is 15.0. The van der Waals surface area contributed by atoms with Crippen molar-refractivity contribution in [2.75, 3.05) is 37.8 Å². The Morgan fingerprint density at radius 2 is 2.07 bits per heavy atom. The Kier molecular flexibility index (Phi) is 7.14. The van der Waals surface area contributed by atoms with Crippen molar-refractivity contribution in [1.29, 1.82) is 0 Å². The lowest BCUT2D eigenvalue weighted by Gasteiger charge is -2.29. The highest BCUT2D eigenvalue weighted by Gasteiger charge is 2.17. The number of morpholine rings is 1. The molecule has 9 nitrogen and oxygen atoms in total. The van der Waals surface area contributed by atoms with Gasteiger partial charge in [0.1, 0.15) is 5.75 Å². The van der Waals surface area contributed by atoms with Crippen molar-refractivity contribution in [2.45, 2.75) is 0 Å². The van der Waals surface area contributed by atoms with Crippen LogP contribution in [0.3, 0.4) is 0 Å². The van der Waals surface area contributed by atoms with Gasteiger partial charge >= 0.3 is 0 Å². The molecule has 1 N–H and O–H groups in total. The molecule has 0 bridgehead atoms. The number of amides is 1. The second kappa shape index (κ2) is 9.99. The minimum absolute atomic E-state index is 0.0490. The highest BCUT2D eigenvalue weighted by atomic mass is 79.9. The number of non-ortho nitro benzene ring substituents is 1. The lowest BCUT2D eigenvalue weighted by Crippen LogP contribution is -2.36. The fourth-order valence-electron chi connectivity index (χ4n) is 2.76. The van der Waals surface area contributed by atoms with E-state index in [9.17, 15) is 14.9 Å². The number of carbonyl (C=O) groups is 1. The van der Waals surface area contributed by atoms with E-state index in [1.165, 1.54) is 18.3 Å². The normalized spacial score (nSPS) is 14.0. The number of nitro groups is 1. The van der Waals surface area contributed by atoms with Crippen molar-refractivity contribution in [3.05, 3.63) is 62.6 Å². The van der Waals surface area contributed by atoms with Gasteiger partial charge in [0.25, 0.3) is 11.6 Å². The molecule has 0 saturated carbocycles. The molecule has 29 heavy (non-hydrogen) atoms. The van der Waals surface area contributed by atoms with Gasteiger partial charge < -0.3 is 14.4 Å². The first kappa shape index (κ1) is 20.7. The molecule has 1 amide bonds. The minimum Gasteiger partial charge on any atom is -0.483 e. The molecule has 10 heteroatoms. The summed E-state index contributed by atoms with van der Waals surface area (Å²) in [6, 6.07) is 11.7. The summed E-state index contributed by atoms with van der Waals surface area (Å²) in [6.07, 6.45) is 1.40. The van der Waals surface area contributed by atoms with E-state index in [-0.39, 0.29) is 12.3 Å². The molecular weight excluding hydrogens is 444 g/mol. The number of para-hydroxylation sites is 1. The maximum absolute atomic E-state index is 12.0. The van der Waals surface area contributed by atoms with E-state index in [0.29, 0.717) is 37.6 Å². The third-order valence-corrected chi connectivity index (χ3v) is 4.82. The second-order valence-electron chi connectivity index (χ2n) is 6.11. The van der Waals surface area contributed by atoms with Crippen LogP contribution in [0.4, 0.5) is 11.4 Å². The first-order chi connectivity index (χ1) is 14.0. The zero-order valence-corrected chi connectivity index (χ0v) is 17.0. The molecule has 1 saturated heterocycles. The number of nitro benzene ring substituents is 1. The van der Waals surface area contributed by atoms with Gasteiger partial charge in [0, 0.05) is 36.5 Å². The van der Waals surface area contributed by atoms with E-state index < -0.39 is 10.8 Å². The maximum Gasteiger partial charge on any atom is 0.277 e. The standard InChI is InChI=1S/C19H19BrN4O5/c20-16-3-1-2-4-18(16)29-13-19(25)22-21-12-14-11-15(24(26)27)5-6-17(14)23-7-9-28-10-8-23/h1-6,11-12H,7-10,13H2,(H,22,25). The number of nitrogens with one attached hydrogen (secondary N) is 1. The van der Waals surface area contributed by atoms with Gasteiger partial charge in [-0.25, -0.2) is 5.43 Å². The van der Waals surface area contributed by atoms with Gasteiger partial charge in [-0.15, -0.1) is 0 Å². The van der Waals surface area contributed by atoms with Crippen molar-refractivity contribution < 1.29 is 19.2 Å². The smallest absolute Gasteiger partial charge is 0.277 e. The molecule has 0 atom stereocenters. The van der Waals surface area contributed by atoms with Gasteiger partial charge in [-0.05, 0) is 34.1 Å². The molecule has 0 aromatic heterocycles. The molecule has 0 spiro atoms. The zero-order chi connectivity index (χ0) is 20.6. The number of benzene rings is 2. The number of hydrogen-bond donors (Lipinski definition) is 1. The van der Waals surface area contributed by atoms with E-state index in [0.717, 1.165) is 10.2 Å². The SMILES string of the molecule is O=C(COc1ccccc1Br)NN=Cc1cc([N+](=O)[O-])ccc1N1CCOCC1. The zero-order valence-electron chi connectivity index (χ0n) is 15.4. The van der Waals surface area contributed by atoms with Gasteiger partial charge in [-0.1, -0.05) is 12.1 Å². The van der Waals surface area contributed by atoms with Crippen LogP contribution in [0, 0.1) is 10.1 Å². The van der Waals surface area contributed by atoms with Crippen molar-refractivity contribution >= 4 is 39.4 Å². The second-order valence-corrected chi connectivity index (χ2v) is 6.97. The number of hydrogen-bond acceptors (Lipinski definition) is 7. The Balaban J connectivity index is 1.66. The van der Waals surface area contributed by atoms with Crippen LogP contribution >= 0.6 is 15.9 Å². The molecule has 152 valence electrons. The van der Waals surface area contributed by atoms with E-state index in [4.69, 9.17) is 9.47 Å². The van der Waals surface area contributed by atoms with Crippen molar-refractivity contribution in [1.82, 2.24) is 5.43 Å². The van der Waals surface area contributed by atoms with Gasteiger partial charge in [0.05, 0.1) is 28.8 Å². The summed E-state index contributed by atoms with van der Waals surface area (Å²) >= 11 is 3.34. The van der Waals surface area contributed by atoms with Gasteiger partial charge in [-0.3, -0.25) is 14.9 Å².